The Labute approximate surface area is 98.5 Å². The number of hydrogen-bond donors (Lipinski definition) is 0. The summed E-state index contributed by atoms with van der Waals surface area (Å²) in [6.07, 6.45) is 1.28. The zero-order valence-corrected chi connectivity index (χ0v) is 10.7. The summed E-state index contributed by atoms with van der Waals surface area (Å²) in [7, 11) is 0. The second-order valence-corrected chi connectivity index (χ2v) is 4.96. The third kappa shape index (κ3) is 3.97. The van der Waals surface area contributed by atoms with Crippen molar-refractivity contribution in [2.24, 2.45) is 11.8 Å². The van der Waals surface area contributed by atoms with Crippen LogP contribution in [0.1, 0.15) is 27.2 Å². The Hall–Kier alpha value is -0.830. The van der Waals surface area contributed by atoms with Crippen LogP contribution in [0.3, 0.4) is 0 Å². The van der Waals surface area contributed by atoms with Crippen LogP contribution in [0.25, 0.3) is 0 Å². The lowest BCUT2D eigenvalue weighted by molar-refractivity contribution is -0.138. The van der Waals surface area contributed by atoms with Gasteiger partial charge in [-0.05, 0) is 25.2 Å². The molecule has 0 aromatic rings. The van der Waals surface area contributed by atoms with Crippen LogP contribution in [0.15, 0.2) is 12.2 Å². The van der Waals surface area contributed by atoms with Crippen LogP contribution in [-0.2, 0) is 9.53 Å². The summed E-state index contributed by atoms with van der Waals surface area (Å²) < 4.78 is 4.93. The SMILES string of the molecule is C=C(CN1CC(C)CC(C)C1)C(=O)OCC. The van der Waals surface area contributed by atoms with Gasteiger partial charge in [0.1, 0.15) is 0 Å². The van der Waals surface area contributed by atoms with Crippen molar-refractivity contribution in [1.29, 1.82) is 0 Å². The molecule has 1 saturated heterocycles. The number of hydrogen-bond acceptors (Lipinski definition) is 3. The van der Waals surface area contributed by atoms with Crippen molar-refractivity contribution in [3.05, 3.63) is 12.2 Å². The summed E-state index contributed by atoms with van der Waals surface area (Å²) in [5.74, 6) is 1.16. The standard InChI is InChI=1S/C13H23NO2/c1-5-16-13(15)12(4)9-14-7-10(2)6-11(3)8-14/h10-11H,4-9H2,1-3H3. The van der Waals surface area contributed by atoms with Crippen LogP contribution in [0.5, 0.6) is 0 Å². The highest BCUT2D eigenvalue weighted by atomic mass is 16.5. The van der Waals surface area contributed by atoms with Crippen molar-refractivity contribution >= 4 is 5.97 Å². The summed E-state index contributed by atoms with van der Waals surface area (Å²) in [6, 6.07) is 0. The number of nitrogens with zero attached hydrogens (tertiary/aromatic N) is 1. The molecule has 1 aliphatic heterocycles. The molecule has 0 bridgehead atoms. The number of carbonyl (C=O) groups is 1. The third-order valence-corrected chi connectivity index (χ3v) is 2.92. The summed E-state index contributed by atoms with van der Waals surface area (Å²) in [6.45, 7) is 13.3. The van der Waals surface area contributed by atoms with E-state index < -0.39 is 0 Å². The van der Waals surface area contributed by atoms with Crippen molar-refractivity contribution in [1.82, 2.24) is 4.90 Å². The van der Waals surface area contributed by atoms with Crippen LogP contribution >= 0.6 is 0 Å². The first-order valence-electron chi connectivity index (χ1n) is 6.10. The summed E-state index contributed by atoms with van der Waals surface area (Å²) in [4.78, 5) is 13.7. The largest absolute Gasteiger partial charge is 0.463 e. The number of likely N-dealkylation sites (tertiary alicyclic amines) is 1. The fourth-order valence-electron chi connectivity index (χ4n) is 2.49. The first-order valence-corrected chi connectivity index (χ1v) is 6.10. The molecule has 2 atom stereocenters. The average Bonchev–Trinajstić information content (AvgIpc) is 2.16. The smallest absolute Gasteiger partial charge is 0.334 e. The van der Waals surface area contributed by atoms with Gasteiger partial charge in [0.2, 0.25) is 0 Å². The molecule has 1 fully saturated rings. The Morgan fingerprint density at radius 1 is 1.38 bits per heavy atom. The topological polar surface area (TPSA) is 29.5 Å². The van der Waals surface area contributed by atoms with Crippen molar-refractivity contribution in [3.63, 3.8) is 0 Å². The molecule has 0 amide bonds. The molecule has 0 N–H and O–H groups in total. The van der Waals surface area contributed by atoms with E-state index in [2.05, 4.69) is 25.3 Å². The molecule has 92 valence electrons. The van der Waals surface area contributed by atoms with Crippen LogP contribution < -0.4 is 0 Å². The minimum atomic E-state index is -0.256. The highest BCUT2D eigenvalue weighted by Crippen LogP contribution is 2.21. The molecule has 3 nitrogen and oxygen atoms in total. The van der Waals surface area contributed by atoms with Gasteiger partial charge in [0, 0.05) is 25.2 Å². The van der Waals surface area contributed by atoms with Crippen LogP contribution in [-0.4, -0.2) is 37.1 Å². The first-order chi connectivity index (χ1) is 7.52. The first kappa shape index (κ1) is 13.2. The fourth-order valence-corrected chi connectivity index (χ4v) is 2.49. The normalized spacial score (nSPS) is 26.4. The van der Waals surface area contributed by atoms with E-state index in [0.717, 1.165) is 13.1 Å². The Balaban J connectivity index is 2.41. The zero-order chi connectivity index (χ0) is 12.1. The van der Waals surface area contributed by atoms with E-state index in [0.29, 0.717) is 30.6 Å². The van der Waals surface area contributed by atoms with Gasteiger partial charge in [0.05, 0.1) is 6.61 Å². The molecule has 3 heteroatoms. The highest BCUT2D eigenvalue weighted by Gasteiger charge is 2.23. The van der Waals surface area contributed by atoms with Crippen LogP contribution in [0.2, 0.25) is 0 Å². The third-order valence-electron chi connectivity index (χ3n) is 2.92. The molecule has 0 aromatic carbocycles. The highest BCUT2D eigenvalue weighted by molar-refractivity contribution is 5.88. The molecular weight excluding hydrogens is 202 g/mol. The van der Waals surface area contributed by atoms with Crippen LogP contribution in [0, 0.1) is 11.8 Å². The fraction of sp³-hybridized carbons (Fsp3) is 0.769. The van der Waals surface area contributed by atoms with Gasteiger partial charge >= 0.3 is 5.97 Å². The second-order valence-electron chi connectivity index (χ2n) is 4.96. The van der Waals surface area contributed by atoms with E-state index in [4.69, 9.17) is 4.74 Å². The minimum absolute atomic E-state index is 0.256. The van der Waals surface area contributed by atoms with Gasteiger partial charge in [0.15, 0.2) is 0 Å². The molecule has 1 aliphatic rings. The van der Waals surface area contributed by atoms with Gasteiger partial charge in [-0.15, -0.1) is 0 Å². The van der Waals surface area contributed by atoms with E-state index in [9.17, 15) is 4.79 Å². The Morgan fingerprint density at radius 3 is 2.44 bits per heavy atom. The molecule has 1 rings (SSSR count). The molecule has 0 saturated carbocycles. The Kier molecular flexibility index (Phi) is 5.00. The molecule has 0 radical (unpaired) electrons. The lowest BCUT2D eigenvalue weighted by Gasteiger charge is -2.34. The second kappa shape index (κ2) is 6.04. The number of ether oxygens (including phenoxy) is 1. The van der Waals surface area contributed by atoms with E-state index in [1.165, 1.54) is 6.42 Å². The van der Waals surface area contributed by atoms with Crippen molar-refractivity contribution in [3.8, 4) is 0 Å². The maximum absolute atomic E-state index is 11.4. The Morgan fingerprint density at radius 2 is 1.94 bits per heavy atom. The number of esters is 1. The van der Waals surface area contributed by atoms with Gasteiger partial charge in [-0.2, -0.15) is 0 Å². The monoisotopic (exact) mass is 225 g/mol. The lowest BCUT2D eigenvalue weighted by Crippen LogP contribution is -2.40. The number of piperidine rings is 1. The maximum Gasteiger partial charge on any atom is 0.334 e. The van der Waals surface area contributed by atoms with Gasteiger partial charge in [-0.3, -0.25) is 4.90 Å². The van der Waals surface area contributed by atoms with E-state index in [1.807, 2.05) is 6.92 Å². The van der Waals surface area contributed by atoms with E-state index in [-0.39, 0.29) is 5.97 Å². The molecule has 0 spiro atoms. The Bertz CT molecular complexity index is 253. The minimum Gasteiger partial charge on any atom is -0.463 e. The summed E-state index contributed by atoms with van der Waals surface area (Å²) >= 11 is 0. The average molecular weight is 225 g/mol. The lowest BCUT2D eigenvalue weighted by atomic mass is 9.92. The van der Waals surface area contributed by atoms with Gasteiger partial charge in [-0.25, -0.2) is 4.79 Å². The summed E-state index contributed by atoms with van der Waals surface area (Å²) in [5, 5.41) is 0. The molecule has 0 aliphatic carbocycles. The van der Waals surface area contributed by atoms with Gasteiger partial charge in [-0.1, -0.05) is 20.4 Å². The van der Waals surface area contributed by atoms with E-state index >= 15 is 0 Å². The molecule has 0 aromatic heterocycles. The quantitative estimate of drug-likeness (QED) is 0.542. The zero-order valence-electron chi connectivity index (χ0n) is 10.7. The van der Waals surface area contributed by atoms with E-state index in [1.54, 1.807) is 0 Å². The van der Waals surface area contributed by atoms with Gasteiger partial charge in [0.25, 0.3) is 0 Å². The molecular formula is C13H23NO2. The molecule has 16 heavy (non-hydrogen) atoms. The number of rotatable bonds is 4. The maximum atomic E-state index is 11.4. The van der Waals surface area contributed by atoms with Gasteiger partial charge < -0.3 is 4.74 Å². The van der Waals surface area contributed by atoms with Crippen molar-refractivity contribution < 1.29 is 9.53 Å². The molecule has 2 unspecified atom stereocenters. The number of carbonyl (C=O) groups excluding carboxylic acids is 1. The predicted octanol–water partition coefficient (Wildman–Crippen LogP) is 2.08. The van der Waals surface area contributed by atoms with Crippen LogP contribution in [0.4, 0.5) is 0 Å². The summed E-state index contributed by atoms with van der Waals surface area (Å²) in [5.41, 5.74) is 0.572. The predicted molar refractivity (Wildman–Crippen MR) is 65.2 cm³/mol. The molecule has 1 heterocycles. The van der Waals surface area contributed by atoms with Crippen molar-refractivity contribution in [2.45, 2.75) is 27.2 Å². The van der Waals surface area contributed by atoms with Crippen molar-refractivity contribution in [2.75, 3.05) is 26.2 Å².